The second kappa shape index (κ2) is 6.61. The molecular formula is C20H16F4N2O2. The molecule has 1 aliphatic carbocycles. The molecule has 1 heterocycles. The van der Waals surface area contributed by atoms with E-state index in [4.69, 9.17) is 0 Å². The SMILES string of the molecule is O=C(Nc1cccc2c1C(C1CCC1)NC2=O)c1cc(F)cc(C(F)(F)F)c1. The molecule has 1 saturated carbocycles. The van der Waals surface area contributed by atoms with E-state index in [0.29, 0.717) is 28.9 Å². The number of anilines is 1. The van der Waals surface area contributed by atoms with Crippen LogP contribution in [0.3, 0.4) is 0 Å². The Morgan fingerprint density at radius 2 is 1.89 bits per heavy atom. The molecule has 2 N–H and O–H groups in total. The van der Waals surface area contributed by atoms with E-state index in [0.717, 1.165) is 25.3 Å². The predicted octanol–water partition coefficient (Wildman–Crippen LogP) is 4.68. The first kappa shape index (κ1) is 18.5. The minimum absolute atomic E-state index is 0.242. The third-order valence-corrected chi connectivity index (χ3v) is 5.31. The van der Waals surface area contributed by atoms with Gasteiger partial charge >= 0.3 is 6.18 Å². The molecule has 0 saturated heterocycles. The fourth-order valence-corrected chi connectivity index (χ4v) is 3.70. The van der Waals surface area contributed by atoms with Crippen LogP contribution in [0, 0.1) is 11.7 Å². The average Bonchev–Trinajstić information content (AvgIpc) is 2.89. The van der Waals surface area contributed by atoms with Gasteiger partial charge in [-0.05, 0) is 49.1 Å². The van der Waals surface area contributed by atoms with Gasteiger partial charge in [-0.1, -0.05) is 12.5 Å². The maximum atomic E-state index is 13.6. The first-order chi connectivity index (χ1) is 13.2. The van der Waals surface area contributed by atoms with Crippen molar-refractivity contribution in [3.05, 3.63) is 64.5 Å². The number of fused-ring (bicyclic) bond motifs is 1. The molecule has 0 bridgehead atoms. The standard InChI is InChI=1S/C20H16F4N2O2/c21-13-8-11(7-12(9-13)20(22,23)24)18(27)25-15-6-2-5-14-16(15)17(26-19(14)28)10-3-1-4-10/h2,5-10,17H,1,3-4H2,(H,25,27)(H,26,28). The zero-order valence-electron chi connectivity index (χ0n) is 14.6. The molecule has 2 aliphatic rings. The largest absolute Gasteiger partial charge is 0.416 e. The Hall–Kier alpha value is -2.90. The van der Waals surface area contributed by atoms with Gasteiger partial charge < -0.3 is 10.6 Å². The molecule has 146 valence electrons. The summed E-state index contributed by atoms with van der Waals surface area (Å²) in [6.45, 7) is 0. The molecule has 2 amide bonds. The van der Waals surface area contributed by atoms with Gasteiger partial charge in [0.25, 0.3) is 11.8 Å². The highest BCUT2D eigenvalue weighted by Gasteiger charge is 2.39. The van der Waals surface area contributed by atoms with E-state index in [-0.39, 0.29) is 17.9 Å². The molecular weight excluding hydrogens is 376 g/mol. The number of carbonyl (C=O) groups is 2. The van der Waals surface area contributed by atoms with E-state index in [1.807, 2.05) is 0 Å². The van der Waals surface area contributed by atoms with Gasteiger partial charge in [-0.2, -0.15) is 13.2 Å². The molecule has 1 unspecified atom stereocenters. The van der Waals surface area contributed by atoms with E-state index in [2.05, 4.69) is 10.6 Å². The van der Waals surface area contributed by atoms with Gasteiger partial charge in [-0.15, -0.1) is 0 Å². The van der Waals surface area contributed by atoms with Crippen molar-refractivity contribution in [2.45, 2.75) is 31.5 Å². The van der Waals surface area contributed by atoms with E-state index < -0.39 is 29.0 Å². The zero-order chi connectivity index (χ0) is 20.1. The number of hydrogen-bond donors (Lipinski definition) is 2. The van der Waals surface area contributed by atoms with Crippen molar-refractivity contribution >= 4 is 17.5 Å². The maximum Gasteiger partial charge on any atom is 0.416 e. The highest BCUT2D eigenvalue weighted by molar-refractivity contribution is 6.07. The van der Waals surface area contributed by atoms with Crippen LogP contribution in [0.25, 0.3) is 0 Å². The highest BCUT2D eigenvalue weighted by Crippen LogP contribution is 2.44. The molecule has 4 nitrogen and oxygen atoms in total. The monoisotopic (exact) mass is 392 g/mol. The van der Waals surface area contributed by atoms with Gasteiger partial charge in [0.05, 0.1) is 11.6 Å². The third kappa shape index (κ3) is 3.23. The molecule has 2 aromatic rings. The van der Waals surface area contributed by atoms with Crippen LogP contribution in [0.2, 0.25) is 0 Å². The van der Waals surface area contributed by atoms with E-state index in [1.54, 1.807) is 18.2 Å². The molecule has 1 aliphatic heterocycles. The Morgan fingerprint density at radius 3 is 2.54 bits per heavy atom. The molecule has 28 heavy (non-hydrogen) atoms. The Labute approximate surface area is 157 Å². The van der Waals surface area contributed by atoms with Crippen molar-refractivity contribution in [3.8, 4) is 0 Å². The summed E-state index contributed by atoms with van der Waals surface area (Å²) in [4.78, 5) is 24.8. The van der Waals surface area contributed by atoms with Crippen molar-refractivity contribution < 1.29 is 27.2 Å². The molecule has 1 fully saturated rings. The van der Waals surface area contributed by atoms with Gasteiger partial charge in [0.15, 0.2) is 0 Å². The van der Waals surface area contributed by atoms with Gasteiger partial charge in [-0.25, -0.2) is 4.39 Å². The molecule has 0 aromatic heterocycles. The molecule has 1 atom stereocenters. The van der Waals surface area contributed by atoms with Crippen LogP contribution in [0.15, 0.2) is 36.4 Å². The fourth-order valence-electron chi connectivity index (χ4n) is 3.70. The quantitative estimate of drug-likeness (QED) is 0.745. The van der Waals surface area contributed by atoms with Gasteiger partial charge in [-0.3, -0.25) is 9.59 Å². The minimum atomic E-state index is -4.77. The summed E-state index contributed by atoms with van der Waals surface area (Å²) in [5.41, 5.74) is -0.263. The lowest BCUT2D eigenvalue weighted by Gasteiger charge is -2.32. The van der Waals surface area contributed by atoms with Gasteiger partial charge in [0, 0.05) is 22.4 Å². The lowest BCUT2D eigenvalue weighted by atomic mass is 9.77. The fraction of sp³-hybridized carbons (Fsp3) is 0.300. The Kier molecular flexibility index (Phi) is 4.36. The van der Waals surface area contributed by atoms with Crippen LogP contribution >= 0.6 is 0 Å². The summed E-state index contributed by atoms with van der Waals surface area (Å²) in [6, 6.07) is 6.27. The number of carbonyl (C=O) groups excluding carboxylic acids is 2. The number of benzene rings is 2. The number of rotatable bonds is 3. The summed E-state index contributed by atoms with van der Waals surface area (Å²) < 4.78 is 52.3. The lowest BCUT2D eigenvalue weighted by molar-refractivity contribution is -0.137. The van der Waals surface area contributed by atoms with E-state index in [1.165, 1.54) is 0 Å². The molecule has 4 rings (SSSR count). The second-order valence-corrected chi connectivity index (χ2v) is 7.09. The van der Waals surface area contributed by atoms with Crippen LogP contribution in [0.1, 0.15) is 57.1 Å². The third-order valence-electron chi connectivity index (χ3n) is 5.31. The summed E-state index contributed by atoms with van der Waals surface area (Å²) in [5.74, 6) is -2.00. The minimum Gasteiger partial charge on any atom is -0.345 e. The first-order valence-electron chi connectivity index (χ1n) is 8.87. The first-order valence-corrected chi connectivity index (χ1v) is 8.87. The molecule has 0 radical (unpaired) electrons. The summed E-state index contributed by atoms with van der Waals surface area (Å²) in [6.07, 6.45) is -1.81. The maximum absolute atomic E-state index is 13.6. The van der Waals surface area contributed by atoms with Crippen molar-refractivity contribution in [1.29, 1.82) is 0 Å². The van der Waals surface area contributed by atoms with Crippen molar-refractivity contribution in [3.63, 3.8) is 0 Å². The topological polar surface area (TPSA) is 58.2 Å². The van der Waals surface area contributed by atoms with Crippen LogP contribution < -0.4 is 10.6 Å². The Balaban J connectivity index is 1.67. The smallest absolute Gasteiger partial charge is 0.345 e. The molecule has 0 spiro atoms. The lowest BCUT2D eigenvalue weighted by Crippen LogP contribution is -2.30. The normalized spacial score (nSPS) is 19.0. The number of nitrogens with one attached hydrogen (secondary N) is 2. The summed E-state index contributed by atoms with van der Waals surface area (Å²) in [7, 11) is 0. The Bertz CT molecular complexity index is 967. The zero-order valence-corrected chi connectivity index (χ0v) is 14.6. The average molecular weight is 392 g/mol. The number of hydrogen-bond acceptors (Lipinski definition) is 2. The van der Waals surface area contributed by atoms with Crippen molar-refractivity contribution in [2.24, 2.45) is 5.92 Å². The van der Waals surface area contributed by atoms with E-state index >= 15 is 0 Å². The van der Waals surface area contributed by atoms with Crippen molar-refractivity contribution in [2.75, 3.05) is 5.32 Å². The second-order valence-electron chi connectivity index (χ2n) is 7.09. The number of alkyl halides is 3. The summed E-state index contributed by atoms with van der Waals surface area (Å²) >= 11 is 0. The number of amides is 2. The van der Waals surface area contributed by atoms with Gasteiger partial charge in [0.2, 0.25) is 0 Å². The van der Waals surface area contributed by atoms with Crippen LogP contribution in [0.5, 0.6) is 0 Å². The molecule has 2 aromatic carbocycles. The summed E-state index contributed by atoms with van der Waals surface area (Å²) in [5, 5.41) is 5.47. The van der Waals surface area contributed by atoms with E-state index in [9.17, 15) is 27.2 Å². The van der Waals surface area contributed by atoms with Crippen LogP contribution in [-0.2, 0) is 6.18 Å². The highest BCUT2D eigenvalue weighted by atomic mass is 19.4. The van der Waals surface area contributed by atoms with Crippen LogP contribution in [-0.4, -0.2) is 11.8 Å². The van der Waals surface area contributed by atoms with Crippen molar-refractivity contribution in [1.82, 2.24) is 5.32 Å². The number of halogens is 4. The predicted molar refractivity (Wildman–Crippen MR) is 93.3 cm³/mol. The van der Waals surface area contributed by atoms with Crippen LogP contribution in [0.4, 0.5) is 23.2 Å². The Morgan fingerprint density at radius 1 is 1.14 bits per heavy atom. The van der Waals surface area contributed by atoms with Gasteiger partial charge in [0.1, 0.15) is 5.82 Å². The molecule has 8 heteroatoms.